The molecule has 1 saturated heterocycles. The van der Waals surface area contributed by atoms with E-state index in [1.165, 1.54) is 53.9 Å². The van der Waals surface area contributed by atoms with Gasteiger partial charge in [-0.1, -0.05) is 0 Å². The second-order valence-corrected chi connectivity index (χ2v) is 8.07. The second-order valence-electron chi connectivity index (χ2n) is 6.14. The van der Waals surface area contributed by atoms with Crippen LogP contribution in [0.15, 0.2) is 47.4 Å². The number of nitro benzene ring substituents is 1. The number of hydrogen-bond acceptors (Lipinski definition) is 7. The van der Waals surface area contributed by atoms with Crippen molar-refractivity contribution in [2.24, 2.45) is 0 Å². The van der Waals surface area contributed by atoms with Crippen LogP contribution in [0.4, 0.5) is 11.4 Å². The molecular formula is C18H19N3O7S. The van der Waals surface area contributed by atoms with E-state index in [-0.39, 0.29) is 40.7 Å². The standard InChI is InChI=1S/C18H19N3O7S/c1-27-17-7-6-15(29(25,26)20-8-10-28-11-9-20)12-16(17)19-18(22)13-2-4-14(5-3-13)21(23)24/h2-7,12H,8-11H2,1H3,(H,19,22). The molecule has 1 N–H and O–H groups in total. The maximum Gasteiger partial charge on any atom is 0.269 e. The minimum absolute atomic E-state index is 0.0131. The Morgan fingerprint density at radius 2 is 1.83 bits per heavy atom. The summed E-state index contributed by atoms with van der Waals surface area (Å²) in [6.07, 6.45) is 0. The van der Waals surface area contributed by atoms with Crippen molar-refractivity contribution in [3.8, 4) is 5.75 Å². The van der Waals surface area contributed by atoms with Gasteiger partial charge in [-0.25, -0.2) is 8.42 Å². The Bertz CT molecular complexity index is 1020. The van der Waals surface area contributed by atoms with Crippen molar-refractivity contribution in [2.75, 3.05) is 38.7 Å². The average molecular weight is 421 g/mol. The highest BCUT2D eigenvalue weighted by Gasteiger charge is 2.27. The highest BCUT2D eigenvalue weighted by atomic mass is 32.2. The number of carbonyl (C=O) groups excluding carboxylic acids is 1. The number of carbonyl (C=O) groups is 1. The molecule has 2 aromatic rings. The van der Waals surface area contributed by atoms with Gasteiger partial charge in [0.2, 0.25) is 10.0 Å². The van der Waals surface area contributed by atoms with Gasteiger partial charge >= 0.3 is 0 Å². The number of benzene rings is 2. The van der Waals surface area contributed by atoms with Gasteiger partial charge in [-0.3, -0.25) is 14.9 Å². The van der Waals surface area contributed by atoms with Crippen LogP contribution in [0.2, 0.25) is 0 Å². The van der Waals surface area contributed by atoms with Crippen LogP contribution in [0.3, 0.4) is 0 Å². The maximum atomic E-state index is 12.8. The van der Waals surface area contributed by atoms with Crippen molar-refractivity contribution >= 4 is 27.3 Å². The summed E-state index contributed by atoms with van der Waals surface area (Å²) in [5.74, 6) is -0.277. The van der Waals surface area contributed by atoms with Gasteiger partial charge in [0.15, 0.2) is 0 Å². The highest BCUT2D eigenvalue weighted by molar-refractivity contribution is 7.89. The van der Waals surface area contributed by atoms with E-state index in [1.807, 2.05) is 0 Å². The van der Waals surface area contributed by atoms with Crippen LogP contribution in [-0.2, 0) is 14.8 Å². The summed E-state index contributed by atoms with van der Waals surface area (Å²) in [4.78, 5) is 22.7. The quantitative estimate of drug-likeness (QED) is 0.557. The summed E-state index contributed by atoms with van der Waals surface area (Å²) in [5.41, 5.74) is 0.210. The average Bonchev–Trinajstić information content (AvgIpc) is 2.74. The second kappa shape index (κ2) is 8.55. The first-order valence-electron chi connectivity index (χ1n) is 8.64. The monoisotopic (exact) mass is 421 g/mol. The molecule has 1 aliphatic rings. The van der Waals surface area contributed by atoms with Crippen LogP contribution < -0.4 is 10.1 Å². The van der Waals surface area contributed by atoms with E-state index in [9.17, 15) is 23.3 Å². The molecule has 3 rings (SSSR count). The van der Waals surface area contributed by atoms with Gasteiger partial charge in [-0.2, -0.15) is 4.31 Å². The molecule has 0 atom stereocenters. The number of morpholine rings is 1. The fourth-order valence-electron chi connectivity index (χ4n) is 2.81. The Balaban J connectivity index is 1.87. The van der Waals surface area contributed by atoms with E-state index < -0.39 is 20.9 Å². The topological polar surface area (TPSA) is 128 Å². The molecule has 29 heavy (non-hydrogen) atoms. The summed E-state index contributed by atoms with van der Waals surface area (Å²) < 4.78 is 37.4. The molecule has 2 aromatic carbocycles. The normalized spacial score (nSPS) is 14.9. The van der Waals surface area contributed by atoms with E-state index in [0.29, 0.717) is 13.2 Å². The number of rotatable bonds is 6. The molecule has 0 saturated carbocycles. The Morgan fingerprint density at radius 1 is 1.17 bits per heavy atom. The van der Waals surface area contributed by atoms with Crippen LogP contribution in [-0.4, -0.2) is 57.0 Å². The predicted octanol–water partition coefficient (Wildman–Crippen LogP) is 1.88. The first-order chi connectivity index (χ1) is 13.8. The molecule has 154 valence electrons. The Hall–Kier alpha value is -3.02. The zero-order valence-corrected chi connectivity index (χ0v) is 16.3. The number of nitrogens with zero attached hydrogens (tertiary/aromatic N) is 2. The molecule has 0 aromatic heterocycles. The van der Waals surface area contributed by atoms with Crippen molar-refractivity contribution in [1.29, 1.82) is 0 Å². The van der Waals surface area contributed by atoms with Crippen molar-refractivity contribution in [2.45, 2.75) is 4.90 Å². The molecule has 1 aliphatic heterocycles. The number of sulfonamides is 1. The molecule has 0 spiro atoms. The maximum absolute atomic E-state index is 12.8. The van der Waals surface area contributed by atoms with Crippen molar-refractivity contribution in [1.82, 2.24) is 4.31 Å². The van der Waals surface area contributed by atoms with E-state index in [0.717, 1.165) is 0 Å². The van der Waals surface area contributed by atoms with E-state index in [2.05, 4.69) is 5.32 Å². The summed E-state index contributed by atoms with van der Waals surface area (Å²) >= 11 is 0. The van der Waals surface area contributed by atoms with Crippen LogP contribution in [0.25, 0.3) is 0 Å². The van der Waals surface area contributed by atoms with Crippen LogP contribution in [0.5, 0.6) is 5.75 Å². The van der Waals surface area contributed by atoms with Crippen molar-refractivity contribution in [3.05, 3.63) is 58.1 Å². The molecular weight excluding hydrogens is 402 g/mol. The molecule has 1 fully saturated rings. The number of non-ortho nitro benzene ring substituents is 1. The summed E-state index contributed by atoms with van der Waals surface area (Å²) in [6.45, 7) is 1.13. The lowest BCUT2D eigenvalue weighted by Gasteiger charge is -2.26. The van der Waals surface area contributed by atoms with Gasteiger partial charge in [-0.05, 0) is 30.3 Å². The molecule has 11 heteroatoms. The van der Waals surface area contributed by atoms with E-state index >= 15 is 0 Å². The third-order valence-corrected chi connectivity index (χ3v) is 6.26. The van der Waals surface area contributed by atoms with Gasteiger partial charge < -0.3 is 14.8 Å². The molecule has 0 unspecified atom stereocenters. The molecule has 0 bridgehead atoms. The van der Waals surface area contributed by atoms with Crippen LogP contribution >= 0.6 is 0 Å². The third kappa shape index (κ3) is 4.53. The molecule has 10 nitrogen and oxygen atoms in total. The molecule has 1 amide bonds. The Kier molecular flexibility index (Phi) is 6.11. The molecule has 0 radical (unpaired) electrons. The fourth-order valence-corrected chi connectivity index (χ4v) is 4.24. The van der Waals surface area contributed by atoms with Crippen molar-refractivity contribution in [3.63, 3.8) is 0 Å². The predicted molar refractivity (Wildman–Crippen MR) is 104 cm³/mol. The Morgan fingerprint density at radius 3 is 2.41 bits per heavy atom. The number of nitrogens with one attached hydrogen (secondary N) is 1. The summed E-state index contributed by atoms with van der Waals surface area (Å²) in [6, 6.07) is 9.25. The van der Waals surface area contributed by atoms with Crippen molar-refractivity contribution < 1.29 is 27.6 Å². The first kappa shape index (κ1) is 20.7. The minimum Gasteiger partial charge on any atom is -0.495 e. The highest BCUT2D eigenvalue weighted by Crippen LogP contribution is 2.29. The summed E-state index contributed by atoms with van der Waals surface area (Å²) in [7, 11) is -2.36. The van der Waals surface area contributed by atoms with Crippen LogP contribution in [0.1, 0.15) is 10.4 Å². The summed E-state index contributed by atoms with van der Waals surface area (Å²) in [5, 5.41) is 13.3. The minimum atomic E-state index is -3.75. The number of ether oxygens (including phenoxy) is 2. The zero-order chi connectivity index (χ0) is 21.0. The SMILES string of the molecule is COc1ccc(S(=O)(=O)N2CCOCC2)cc1NC(=O)c1ccc([N+](=O)[O-])cc1. The van der Waals surface area contributed by atoms with Gasteiger partial charge in [0.1, 0.15) is 5.75 Å². The van der Waals surface area contributed by atoms with Gasteiger partial charge in [0.25, 0.3) is 11.6 Å². The van der Waals surface area contributed by atoms with Gasteiger partial charge in [0.05, 0.1) is 35.8 Å². The van der Waals surface area contributed by atoms with Gasteiger partial charge in [-0.15, -0.1) is 0 Å². The van der Waals surface area contributed by atoms with E-state index in [1.54, 1.807) is 0 Å². The molecule has 0 aliphatic carbocycles. The zero-order valence-electron chi connectivity index (χ0n) is 15.5. The number of methoxy groups -OCH3 is 1. The van der Waals surface area contributed by atoms with Gasteiger partial charge in [0, 0.05) is 30.8 Å². The number of nitro groups is 1. The van der Waals surface area contributed by atoms with E-state index in [4.69, 9.17) is 9.47 Å². The lowest BCUT2D eigenvalue weighted by molar-refractivity contribution is -0.384. The molecule has 1 heterocycles. The number of hydrogen-bond donors (Lipinski definition) is 1. The van der Waals surface area contributed by atoms with Crippen LogP contribution in [0, 0.1) is 10.1 Å². The first-order valence-corrected chi connectivity index (χ1v) is 10.1. The number of anilines is 1. The fraction of sp³-hybridized carbons (Fsp3) is 0.278. The lowest BCUT2D eigenvalue weighted by Crippen LogP contribution is -2.40. The third-order valence-electron chi connectivity index (χ3n) is 4.37. The smallest absolute Gasteiger partial charge is 0.269 e. The lowest BCUT2D eigenvalue weighted by atomic mass is 10.2. The Labute approximate surface area is 167 Å². The largest absolute Gasteiger partial charge is 0.495 e. The number of amides is 1.